The number of rotatable bonds is 4. The van der Waals surface area contributed by atoms with Crippen molar-refractivity contribution in [3.05, 3.63) is 35.6 Å². The van der Waals surface area contributed by atoms with Gasteiger partial charge in [0.2, 0.25) is 5.91 Å². The van der Waals surface area contributed by atoms with E-state index in [2.05, 4.69) is 9.80 Å². The number of morpholine rings is 1. The Labute approximate surface area is 148 Å². The lowest BCUT2D eigenvalue weighted by Crippen LogP contribution is -2.51. The van der Waals surface area contributed by atoms with Gasteiger partial charge in [-0.3, -0.25) is 9.69 Å². The van der Waals surface area contributed by atoms with Crippen molar-refractivity contribution in [1.82, 2.24) is 9.80 Å². The highest BCUT2D eigenvalue weighted by Gasteiger charge is 2.48. The van der Waals surface area contributed by atoms with Crippen LogP contribution in [-0.2, 0) is 9.53 Å². The number of carbonyl (C=O) groups is 1. The second-order valence-electron chi connectivity index (χ2n) is 7.56. The summed E-state index contributed by atoms with van der Waals surface area (Å²) >= 11 is 0. The number of amides is 1. The first-order chi connectivity index (χ1) is 12.2. The van der Waals surface area contributed by atoms with Crippen molar-refractivity contribution in [3.63, 3.8) is 0 Å². The number of ether oxygens (including phenoxy) is 1. The summed E-state index contributed by atoms with van der Waals surface area (Å²) in [6.45, 7) is 5.30. The van der Waals surface area contributed by atoms with Crippen LogP contribution in [0.4, 0.5) is 4.39 Å². The van der Waals surface area contributed by atoms with E-state index in [1.54, 1.807) is 6.07 Å². The third-order valence-electron chi connectivity index (χ3n) is 5.90. The Kier molecular flexibility index (Phi) is 5.04. The molecule has 1 amide bonds. The van der Waals surface area contributed by atoms with Crippen LogP contribution in [0.1, 0.15) is 37.2 Å². The molecule has 0 radical (unpaired) electrons. The fourth-order valence-electron chi connectivity index (χ4n) is 4.36. The van der Waals surface area contributed by atoms with Gasteiger partial charge in [-0.25, -0.2) is 4.39 Å². The van der Waals surface area contributed by atoms with Gasteiger partial charge in [0.05, 0.1) is 13.2 Å². The zero-order valence-corrected chi connectivity index (χ0v) is 14.7. The van der Waals surface area contributed by atoms with E-state index in [9.17, 15) is 9.18 Å². The summed E-state index contributed by atoms with van der Waals surface area (Å²) in [5.74, 6) is 0.111. The van der Waals surface area contributed by atoms with E-state index in [0.717, 1.165) is 58.7 Å². The minimum atomic E-state index is -0.175. The first-order valence-corrected chi connectivity index (χ1v) is 9.59. The molecule has 1 saturated carbocycles. The molecular weight excluding hydrogens is 319 g/mol. The van der Waals surface area contributed by atoms with Gasteiger partial charge in [-0.1, -0.05) is 18.2 Å². The SMILES string of the molecule is O=C(C1CC1c1ccccc1F)N1CCCCC1CN1CCOCC1. The molecule has 1 aromatic rings. The summed E-state index contributed by atoms with van der Waals surface area (Å²) in [4.78, 5) is 17.6. The smallest absolute Gasteiger partial charge is 0.226 e. The number of likely N-dealkylation sites (tertiary alicyclic amines) is 1. The van der Waals surface area contributed by atoms with Gasteiger partial charge >= 0.3 is 0 Å². The summed E-state index contributed by atoms with van der Waals surface area (Å²) in [5.41, 5.74) is 0.711. The van der Waals surface area contributed by atoms with E-state index in [1.807, 2.05) is 12.1 Å². The summed E-state index contributed by atoms with van der Waals surface area (Å²) in [5, 5.41) is 0. The average Bonchev–Trinajstić information content (AvgIpc) is 3.43. The van der Waals surface area contributed by atoms with Crippen LogP contribution in [0.25, 0.3) is 0 Å². The summed E-state index contributed by atoms with van der Waals surface area (Å²) in [7, 11) is 0. The Hall–Kier alpha value is -1.46. The third-order valence-corrected chi connectivity index (χ3v) is 5.90. The number of benzene rings is 1. The molecule has 2 heterocycles. The molecule has 3 aliphatic rings. The highest BCUT2D eigenvalue weighted by atomic mass is 19.1. The first-order valence-electron chi connectivity index (χ1n) is 9.59. The third kappa shape index (κ3) is 3.72. The summed E-state index contributed by atoms with van der Waals surface area (Å²) in [6.07, 6.45) is 4.16. The molecule has 2 saturated heterocycles. The molecule has 3 fully saturated rings. The largest absolute Gasteiger partial charge is 0.379 e. The van der Waals surface area contributed by atoms with Crippen LogP contribution in [0.5, 0.6) is 0 Å². The number of nitrogens with zero attached hydrogens (tertiary/aromatic N) is 2. The van der Waals surface area contributed by atoms with Crippen LogP contribution in [0.2, 0.25) is 0 Å². The molecule has 5 heteroatoms. The van der Waals surface area contributed by atoms with Gasteiger partial charge in [0.15, 0.2) is 0 Å². The molecule has 4 nitrogen and oxygen atoms in total. The normalized spacial score (nSPS) is 30.3. The Morgan fingerprint density at radius 1 is 1.16 bits per heavy atom. The number of hydrogen-bond acceptors (Lipinski definition) is 3. The van der Waals surface area contributed by atoms with Crippen LogP contribution >= 0.6 is 0 Å². The standard InChI is InChI=1S/C20H27FN2O2/c21-19-7-2-1-6-16(19)17-13-18(17)20(24)23-8-4-3-5-15(23)14-22-9-11-25-12-10-22/h1-2,6-7,15,17-18H,3-5,8-14H2. The van der Waals surface area contributed by atoms with Gasteiger partial charge in [0, 0.05) is 38.1 Å². The lowest BCUT2D eigenvalue weighted by molar-refractivity contribution is -0.137. The molecule has 4 rings (SSSR count). The molecule has 3 atom stereocenters. The number of carbonyl (C=O) groups excluding carboxylic acids is 1. The molecule has 0 aromatic heterocycles. The maximum Gasteiger partial charge on any atom is 0.226 e. The zero-order chi connectivity index (χ0) is 17.2. The molecule has 3 unspecified atom stereocenters. The van der Waals surface area contributed by atoms with Crippen LogP contribution in [0, 0.1) is 11.7 Å². The molecule has 0 bridgehead atoms. The van der Waals surface area contributed by atoms with E-state index < -0.39 is 0 Å². The average molecular weight is 346 g/mol. The van der Waals surface area contributed by atoms with Crippen molar-refractivity contribution in [1.29, 1.82) is 0 Å². The molecule has 25 heavy (non-hydrogen) atoms. The van der Waals surface area contributed by atoms with Crippen molar-refractivity contribution in [2.75, 3.05) is 39.4 Å². The summed E-state index contributed by atoms with van der Waals surface area (Å²) in [6, 6.07) is 7.20. The van der Waals surface area contributed by atoms with Crippen molar-refractivity contribution < 1.29 is 13.9 Å². The lowest BCUT2D eigenvalue weighted by atomic mass is 10.00. The van der Waals surface area contributed by atoms with Gasteiger partial charge < -0.3 is 9.64 Å². The number of hydrogen-bond donors (Lipinski definition) is 0. The van der Waals surface area contributed by atoms with E-state index in [-0.39, 0.29) is 23.6 Å². The molecule has 1 aromatic carbocycles. The minimum absolute atomic E-state index is 0.0258. The molecule has 136 valence electrons. The van der Waals surface area contributed by atoms with Crippen LogP contribution in [0.15, 0.2) is 24.3 Å². The van der Waals surface area contributed by atoms with E-state index in [4.69, 9.17) is 4.74 Å². The van der Waals surface area contributed by atoms with Gasteiger partial charge in [-0.05, 0) is 43.2 Å². The van der Waals surface area contributed by atoms with Crippen molar-refractivity contribution in [2.24, 2.45) is 5.92 Å². The first kappa shape index (κ1) is 17.0. The van der Waals surface area contributed by atoms with E-state index in [0.29, 0.717) is 11.6 Å². The summed E-state index contributed by atoms with van der Waals surface area (Å²) < 4.78 is 19.4. The molecule has 2 aliphatic heterocycles. The van der Waals surface area contributed by atoms with Gasteiger partial charge in [0.25, 0.3) is 0 Å². The van der Waals surface area contributed by atoms with Crippen molar-refractivity contribution in [2.45, 2.75) is 37.6 Å². The predicted molar refractivity (Wildman–Crippen MR) is 93.9 cm³/mol. The second kappa shape index (κ2) is 7.42. The van der Waals surface area contributed by atoms with E-state index in [1.165, 1.54) is 12.5 Å². The fraction of sp³-hybridized carbons (Fsp3) is 0.650. The van der Waals surface area contributed by atoms with Crippen molar-refractivity contribution >= 4 is 5.91 Å². The quantitative estimate of drug-likeness (QED) is 0.840. The number of halogens is 1. The zero-order valence-electron chi connectivity index (χ0n) is 14.7. The maximum atomic E-state index is 14.0. The Bertz CT molecular complexity index is 617. The topological polar surface area (TPSA) is 32.8 Å². The molecular formula is C20H27FN2O2. The second-order valence-corrected chi connectivity index (χ2v) is 7.56. The Balaban J connectivity index is 1.40. The van der Waals surface area contributed by atoms with E-state index >= 15 is 0 Å². The highest BCUT2D eigenvalue weighted by molar-refractivity contribution is 5.83. The monoisotopic (exact) mass is 346 g/mol. The number of piperidine rings is 1. The van der Waals surface area contributed by atoms with Crippen molar-refractivity contribution in [3.8, 4) is 0 Å². The minimum Gasteiger partial charge on any atom is -0.379 e. The van der Waals surface area contributed by atoms with Crippen LogP contribution < -0.4 is 0 Å². The maximum absolute atomic E-state index is 14.0. The Morgan fingerprint density at radius 3 is 2.76 bits per heavy atom. The highest BCUT2D eigenvalue weighted by Crippen LogP contribution is 2.49. The van der Waals surface area contributed by atoms with Gasteiger partial charge in [-0.2, -0.15) is 0 Å². The molecule has 0 N–H and O–H groups in total. The van der Waals surface area contributed by atoms with Gasteiger partial charge in [0.1, 0.15) is 5.82 Å². The Morgan fingerprint density at radius 2 is 1.96 bits per heavy atom. The lowest BCUT2D eigenvalue weighted by Gasteiger charge is -2.40. The molecule has 1 aliphatic carbocycles. The van der Waals surface area contributed by atoms with Crippen LogP contribution in [0.3, 0.4) is 0 Å². The molecule has 0 spiro atoms. The fourth-order valence-corrected chi connectivity index (χ4v) is 4.36. The van der Waals surface area contributed by atoms with Crippen LogP contribution in [-0.4, -0.2) is 61.1 Å². The predicted octanol–water partition coefficient (Wildman–Crippen LogP) is 2.64. The van der Waals surface area contributed by atoms with Gasteiger partial charge in [-0.15, -0.1) is 0 Å².